The Bertz CT molecular complexity index is 650. The predicted molar refractivity (Wildman–Crippen MR) is 76.0 cm³/mol. The lowest BCUT2D eigenvalue weighted by molar-refractivity contribution is 0.580. The molecule has 112 valence electrons. The van der Waals surface area contributed by atoms with Gasteiger partial charge in [-0.15, -0.1) is 0 Å². The molecule has 0 radical (unpaired) electrons. The summed E-state index contributed by atoms with van der Waals surface area (Å²) >= 11 is 0. The monoisotopic (exact) mass is 293 g/mol. The second-order valence-corrected chi connectivity index (χ2v) is 4.81. The molecule has 0 spiro atoms. The van der Waals surface area contributed by atoms with Gasteiger partial charge in [0.15, 0.2) is 0 Å². The Labute approximate surface area is 121 Å². The summed E-state index contributed by atoms with van der Waals surface area (Å²) in [6.45, 7) is 3.36. The van der Waals surface area contributed by atoms with Crippen molar-refractivity contribution in [1.82, 2.24) is 15.3 Å². The van der Waals surface area contributed by atoms with Gasteiger partial charge in [0.2, 0.25) is 0 Å². The van der Waals surface area contributed by atoms with E-state index < -0.39 is 11.6 Å². The number of aromatic nitrogens is 2. The molecular weight excluding hydrogens is 276 g/mol. The number of hydrogen-bond acceptors (Lipinski definition) is 3. The molecule has 2 rings (SSSR count). The summed E-state index contributed by atoms with van der Waals surface area (Å²) in [6, 6.07) is 4.68. The molecule has 4 nitrogen and oxygen atoms in total. The van der Waals surface area contributed by atoms with Crippen molar-refractivity contribution in [3.63, 3.8) is 0 Å². The smallest absolute Gasteiger partial charge is 0.251 e. The molecule has 0 aliphatic rings. The molecule has 0 unspecified atom stereocenters. The highest BCUT2D eigenvalue weighted by molar-refractivity contribution is 5.21. The van der Waals surface area contributed by atoms with Crippen molar-refractivity contribution in [2.45, 2.75) is 26.3 Å². The lowest BCUT2D eigenvalue weighted by atomic mass is 10.1. The van der Waals surface area contributed by atoms with Crippen molar-refractivity contribution in [3.8, 4) is 0 Å². The summed E-state index contributed by atoms with van der Waals surface area (Å²) < 4.78 is 26.3. The first kappa shape index (κ1) is 15.3. The van der Waals surface area contributed by atoms with Crippen LogP contribution in [0.4, 0.5) is 8.78 Å². The molecule has 2 N–H and O–H groups in total. The SMILES string of the molecule is CCCNCc1cc(=O)[nH]c(Cc2cc(F)cc(F)c2)n1. The van der Waals surface area contributed by atoms with Crippen LogP contribution in [-0.4, -0.2) is 16.5 Å². The van der Waals surface area contributed by atoms with E-state index in [4.69, 9.17) is 0 Å². The Balaban J connectivity index is 2.17. The lowest BCUT2D eigenvalue weighted by Crippen LogP contribution is -2.19. The summed E-state index contributed by atoms with van der Waals surface area (Å²) in [5, 5.41) is 3.15. The van der Waals surface area contributed by atoms with Crippen LogP contribution in [0.25, 0.3) is 0 Å². The Morgan fingerprint density at radius 3 is 2.57 bits per heavy atom. The van der Waals surface area contributed by atoms with Gasteiger partial charge in [0.25, 0.3) is 5.56 Å². The van der Waals surface area contributed by atoms with Crippen LogP contribution in [0.1, 0.15) is 30.4 Å². The van der Waals surface area contributed by atoms with Gasteiger partial charge < -0.3 is 10.3 Å². The zero-order valence-corrected chi connectivity index (χ0v) is 11.7. The van der Waals surface area contributed by atoms with Crippen LogP contribution in [0.15, 0.2) is 29.1 Å². The molecule has 2 aromatic rings. The second-order valence-electron chi connectivity index (χ2n) is 4.81. The third kappa shape index (κ3) is 4.75. The van der Waals surface area contributed by atoms with Crippen molar-refractivity contribution in [2.75, 3.05) is 6.54 Å². The lowest BCUT2D eigenvalue weighted by Gasteiger charge is -2.06. The van der Waals surface area contributed by atoms with Gasteiger partial charge in [-0.1, -0.05) is 6.92 Å². The van der Waals surface area contributed by atoms with Gasteiger partial charge in [0, 0.05) is 25.1 Å². The van der Waals surface area contributed by atoms with Gasteiger partial charge in [-0.2, -0.15) is 0 Å². The molecule has 0 bridgehead atoms. The topological polar surface area (TPSA) is 57.8 Å². The Hall–Kier alpha value is -2.08. The first-order chi connectivity index (χ1) is 10.1. The van der Waals surface area contributed by atoms with Crippen LogP contribution in [0.2, 0.25) is 0 Å². The predicted octanol–water partition coefficient (Wildman–Crippen LogP) is 2.14. The maximum absolute atomic E-state index is 13.2. The van der Waals surface area contributed by atoms with Crippen molar-refractivity contribution in [3.05, 3.63) is 63.3 Å². The van der Waals surface area contributed by atoms with E-state index in [1.807, 2.05) is 6.92 Å². The first-order valence-electron chi connectivity index (χ1n) is 6.81. The number of H-pyrrole nitrogens is 1. The van der Waals surface area contributed by atoms with E-state index in [0.717, 1.165) is 19.0 Å². The van der Waals surface area contributed by atoms with Crippen LogP contribution >= 0.6 is 0 Å². The second kappa shape index (κ2) is 7.08. The number of aromatic amines is 1. The van der Waals surface area contributed by atoms with Crippen LogP contribution in [0, 0.1) is 11.6 Å². The zero-order valence-electron chi connectivity index (χ0n) is 11.7. The van der Waals surface area contributed by atoms with E-state index in [1.54, 1.807) is 0 Å². The van der Waals surface area contributed by atoms with Crippen LogP contribution in [0.3, 0.4) is 0 Å². The minimum absolute atomic E-state index is 0.172. The Morgan fingerprint density at radius 1 is 1.19 bits per heavy atom. The van der Waals surface area contributed by atoms with Crippen molar-refractivity contribution < 1.29 is 8.78 Å². The van der Waals surface area contributed by atoms with Gasteiger partial charge in [-0.25, -0.2) is 13.8 Å². The summed E-state index contributed by atoms with van der Waals surface area (Å²) in [4.78, 5) is 18.5. The molecule has 0 saturated heterocycles. The quantitative estimate of drug-likeness (QED) is 0.802. The highest BCUT2D eigenvalue weighted by Crippen LogP contribution is 2.10. The van der Waals surface area contributed by atoms with Crippen molar-refractivity contribution in [1.29, 1.82) is 0 Å². The van der Waals surface area contributed by atoms with E-state index >= 15 is 0 Å². The van der Waals surface area contributed by atoms with E-state index in [2.05, 4.69) is 15.3 Å². The number of rotatable bonds is 6. The van der Waals surface area contributed by atoms with Crippen LogP contribution in [-0.2, 0) is 13.0 Å². The average molecular weight is 293 g/mol. The van der Waals surface area contributed by atoms with Gasteiger partial charge in [0.1, 0.15) is 17.5 Å². The van der Waals surface area contributed by atoms with Crippen molar-refractivity contribution >= 4 is 0 Å². The Morgan fingerprint density at radius 2 is 1.90 bits per heavy atom. The summed E-state index contributed by atoms with van der Waals surface area (Å²) in [5.41, 5.74) is 0.763. The van der Waals surface area contributed by atoms with E-state index in [-0.39, 0.29) is 12.0 Å². The van der Waals surface area contributed by atoms with E-state index in [0.29, 0.717) is 23.6 Å². The minimum atomic E-state index is -0.645. The van der Waals surface area contributed by atoms with Gasteiger partial charge in [0.05, 0.1) is 5.69 Å². The molecule has 21 heavy (non-hydrogen) atoms. The number of nitrogens with one attached hydrogen (secondary N) is 2. The summed E-state index contributed by atoms with van der Waals surface area (Å²) in [6.07, 6.45) is 1.16. The number of benzene rings is 1. The normalized spacial score (nSPS) is 10.8. The molecule has 1 aromatic carbocycles. The fraction of sp³-hybridized carbons (Fsp3) is 0.333. The third-order valence-electron chi connectivity index (χ3n) is 2.87. The minimum Gasteiger partial charge on any atom is -0.311 e. The van der Waals surface area contributed by atoms with Gasteiger partial charge in [-0.05, 0) is 30.7 Å². The van der Waals surface area contributed by atoms with Gasteiger partial charge >= 0.3 is 0 Å². The zero-order chi connectivity index (χ0) is 15.2. The fourth-order valence-corrected chi connectivity index (χ4v) is 2.04. The molecular formula is C15H17F2N3O. The third-order valence-corrected chi connectivity index (χ3v) is 2.87. The van der Waals surface area contributed by atoms with E-state index in [9.17, 15) is 13.6 Å². The maximum atomic E-state index is 13.2. The first-order valence-corrected chi connectivity index (χ1v) is 6.81. The maximum Gasteiger partial charge on any atom is 0.251 e. The van der Waals surface area contributed by atoms with Crippen LogP contribution < -0.4 is 10.9 Å². The standard InChI is InChI=1S/C15H17F2N3O/c1-2-3-18-9-13-8-15(21)20-14(19-13)6-10-4-11(16)7-12(17)5-10/h4-5,7-8,18H,2-3,6,9H2,1H3,(H,19,20,21). The molecule has 0 saturated carbocycles. The van der Waals surface area contributed by atoms with Crippen molar-refractivity contribution in [2.24, 2.45) is 0 Å². The number of halogens is 2. The molecule has 0 atom stereocenters. The molecule has 0 fully saturated rings. The van der Waals surface area contributed by atoms with E-state index in [1.165, 1.54) is 18.2 Å². The Kier molecular flexibility index (Phi) is 5.16. The molecule has 1 heterocycles. The van der Waals surface area contributed by atoms with Gasteiger partial charge in [-0.3, -0.25) is 4.79 Å². The highest BCUT2D eigenvalue weighted by atomic mass is 19.1. The highest BCUT2D eigenvalue weighted by Gasteiger charge is 2.06. The largest absolute Gasteiger partial charge is 0.311 e. The summed E-state index contributed by atoms with van der Waals surface area (Å²) in [5.74, 6) is -0.901. The fourth-order valence-electron chi connectivity index (χ4n) is 2.04. The molecule has 0 amide bonds. The molecule has 1 aromatic heterocycles. The number of hydrogen-bond donors (Lipinski definition) is 2. The molecule has 0 aliphatic heterocycles. The number of nitrogens with zero attached hydrogens (tertiary/aromatic N) is 1. The van der Waals surface area contributed by atoms with Crippen LogP contribution in [0.5, 0.6) is 0 Å². The molecule has 6 heteroatoms. The average Bonchev–Trinajstić information content (AvgIpc) is 2.37. The summed E-state index contributed by atoms with van der Waals surface area (Å²) in [7, 11) is 0. The molecule has 0 aliphatic carbocycles.